The fourth-order valence-corrected chi connectivity index (χ4v) is 1.81. The van der Waals surface area contributed by atoms with Crippen molar-refractivity contribution >= 4 is 17.3 Å². The summed E-state index contributed by atoms with van der Waals surface area (Å²) in [6.07, 6.45) is -0.536. The van der Waals surface area contributed by atoms with Crippen LogP contribution >= 0.6 is 11.6 Å². The second-order valence-electron chi connectivity index (χ2n) is 4.49. The monoisotopic (exact) mass is 291 g/mol. The minimum atomic E-state index is -0.536. The van der Waals surface area contributed by atoms with Crippen LogP contribution in [0.25, 0.3) is 0 Å². The van der Waals surface area contributed by atoms with Crippen LogP contribution in [0.5, 0.6) is 5.75 Å². The Hall–Kier alpha value is -1.71. The molecule has 0 saturated heterocycles. The van der Waals surface area contributed by atoms with Crippen molar-refractivity contribution < 1.29 is 9.84 Å². The van der Waals surface area contributed by atoms with E-state index in [1.54, 1.807) is 0 Å². The zero-order valence-corrected chi connectivity index (χ0v) is 11.9. The Morgan fingerprint density at radius 2 is 1.75 bits per heavy atom. The highest BCUT2D eigenvalue weighted by Crippen LogP contribution is 2.17. The van der Waals surface area contributed by atoms with Crippen molar-refractivity contribution in [2.24, 2.45) is 0 Å². The molecular weight excluding hydrogens is 274 g/mol. The quantitative estimate of drug-likeness (QED) is 0.769. The van der Waals surface area contributed by atoms with Crippen molar-refractivity contribution in [2.75, 3.05) is 17.7 Å². The van der Waals surface area contributed by atoms with Gasteiger partial charge < -0.3 is 15.2 Å². The molecule has 2 N–H and O–H groups in total. The average Bonchev–Trinajstić information content (AvgIpc) is 2.52. The largest absolute Gasteiger partial charge is 0.489 e. The van der Waals surface area contributed by atoms with Crippen molar-refractivity contribution in [1.29, 1.82) is 0 Å². The summed E-state index contributed by atoms with van der Waals surface area (Å²) in [7, 11) is 0. The van der Waals surface area contributed by atoms with Crippen LogP contribution < -0.4 is 10.1 Å². The summed E-state index contributed by atoms with van der Waals surface area (Å²) >= 11 is 5.53. The fourth-order valence-electron chi connectivity index (χ4n) is 1.70. The fraction of sp³-hybridized carbons (Fsp3) is 0.250. The molecule has 0 amide bonds. The Bertz CT molecular complexity index is 502. The van der Waals surface area contributed by atoms with Gasteiger partial charge in [-0.25, -0.2) is 0 Å². The number of benzene rings is 2. The molecule has 3 nitrogen and oxygen atoms in total. The van der Waals surface area contributed by atoms with E-state index < -0.39 is 6.10 Å². The average molecular weight is 292 g/mol. The van der Waals surface area contributed by atoms with Gasteiger partial charge in [-0.2, -0.15) is 0 Å². The van der Waals surface area contributed by atoms with Crippen LogP contribution in [0.1, 0.15) is 5.56 Å². The van der Waals surface area contributed by atoms with Gasteiger partial charge in [0.25, 0.3) is 0 Å². The lowest BCUT2D eigenvalue weighted by Gasteiger charge is -2.11. The third-order valence-corrected chi connectivity index (χ3v) is 3.18. The van der Waals surface area contributed by atoms with E-state index in [0.717, 1.165) is 17.0 Å². The molecule has 0 fully saturated rings. The van der Waals surface area contributed by atoms with Crippen LogP contribution in [-0.4, -0.2) is 23.6 Å². The van der Waals surface area contributed by atoms with Gasteiger partial charge in [0.2, 0.25) is 0 Å². The molecule has 0 aliphatic heterocycles. The van der Waals surface area contributed by atoms with E-state index in [1.165, 1.54) is 0 Å². The van der Waals surface area contributed by atoms with Gasteiger partial charge in [0.15, 0.2) is 0 Å². The minimum Gasteiger partial charge on any atom is -0.489 e. The first-order valence-electron chi connectivity index (χ1n) is 6.52. The van der Waals surface area contributed by atoms with E-state index in [-0.39, 0.29) is 5.88 Å². The lowest BCUT2D eigenvalue weighted by molar-refractivity contribution is 0.211. The van der Waals surface area contributed by atoms with Gasteiger partial charge in [-0.3, -0.25) is 0 Å². The van der Waals surface area contributed by atoms with Gasteiger partial charge in [0.05, 0.1) is 12.0 Å². The number of anilines is 1. The van der Waals surface area contributed by atoms with Gasteiger partial charge in [-0.15, -0.1) is 11.6 Å². The summed E-state index contributed by atoms with van der Waals surface area (Å²) in [5.41, 5.74) is 2.07. The first-order valence-corrected chi connectivity index (χ1v) is 7.06. The van der Waals surface area contributed by atoms with Crippen LogP contribution in [0, 0.1) is 0 Å². The van der Waals surface area contributed by atoms with Gasteiger partial charge in [0.1, 0.15) is 12.4 Å². The molecule has 106 valence electrons. The number of hydrogen-bond acceptors (Lipinski definition) is 3. The number of rotatable bonds is 7. The molecule has 0 bridgehead atoms. The molecule has 0 spiro atoms. The SMILES string of the molecule is OC(CCl)CNc1ccc(OCc2ccccc2)cc1. The van der Waals surface area contributed by atoms with Crippen molar-refractivity contribution in [2.45, 2.75) is 12.7 Å². The Labute approximate surface area is 124 Å². The van der Waals surface area contributed by atoms with E-state index in [9.17, 15) is 5.11 Å². The number of aliphatic hydroxyl groups excluding tert-OH is 1. The maximum atomic E-state index is 9.36. The van der Waals surface area contributed by atoms with Crippen molar-refractivity contribution in [3.05, 3.63) is 60.2 Å². The molecular formula is C16H18ClNO2. The standard InChI is InChI=1S/C16H18ClNO2/c17-10-15(19)11-18-14-6-8-16(9-7-14)20-12-13-4-2-1-3-5-13/h1-9,15,18-19H,10-12H2. The summed E-state index contributed by atoms with van der Waals surface area (Å²) in [6.45, 7) is 0.992. The molecule has 0 aliphatic rings. The van der Waals surface area contributed by atoms with E-state index >= 15 is 0 Å². The Balaban J connectivity index is 1.82. The lowest BCUT2D eigenvalue weighted by atomic mass is 10.2. The van der Waals surface area contributed by atoms with Crippen LogP contribution in [0.15, 0.2) is 54.6 Å². The number of halogens is 1. The number of nitrogens with one attached hydrogen (secondary N) is 1. The molecule has 0 radical (unpaired) electrons. The van der Waals surface area contributed by atoms with Gasteiger partial charge >= 0.3 is 0 Å². The molecule has 2 rings (SSSR count). The van der Waals surface area contributed by atoms with Crippen molar-refractivity contribution in [3.8, 4) is 5.75 Å². The summed E-state index contributed by atoms with van der Waals surface area (Å²) in [5, 5.41) is 12.5. The third-order valence-electron chi connectivity index (χ3n) is 2.82. The van der Waals surface area contributed by atoms with Crippen LogP contribution in [0.4, 0.5) is 5.69 Å². The Morgan fingerprint density at radius 3 is 2.40 bits per heavy atom. The summed E-state index contributed by atoms with van der Waals surface area (Å²) in [6, 6.07) is 17.7. The smallest absolute Gasteiger partial charge is 0.119 e. The second kappa shape index (κ2) is 7.78. The number of alkyl halides is 1. The topological polar surface area (TPSA) is 41.5 Å². The molecule has 0 aliphatic carbocycles. The Morgan fingerprint density at radius 1 is 1.05 bits per heavy atom. The summed E-state index contributed by atoms with van der Waals surface area (Å²) in [4.78, 5) is 0. The summed E-state index contributed by atoms with van der Waals surface area (Å²) in [5.74, 6) is 1.04. The van der Waals surface area contributed by atoms with Crippen LogP contribution in [0.2, 0.25) is 0 Å². The molecule has 1 unspecified atom stereocenters. The molecule has 0 heterocycles. The Kier molecular flexibility index (Phi) is 5.71. The van der Waals surface area contributed by atoms with E-state index in [4.69, 9.17) is 16.3 Å². The first kappa shape index (κ1) is 14.7. The molecule has 0 saturated carbocycles. The normalized spacial score (nSPS) is 11.9. The first-order chi connectivity index (χ1) is 9.78. The molecule has 20 heavy (non-hydrogen) atoms. The maximum absolute atomic E-state index is 9.36. The number of hydrogen-bond donors (Lipinski definition) is 2. The summed E-state index contributed by atoms with van der Waals surface area (Å²) < 4.78 is 5.70. The molecule has 4 heteroatoms. The highest BCUT2D eigenvalue weighted by molar-refractivity contribution is 6.18. The highest BCUT2D eigenvalue weighted by atomic mass is 35.5. The van der Waals surface area contributed by atoms with Crippen LogP contribution in [-0.2, 0) is 6.61 Å². The van der Waals surface area contributed by atoms with Crippen molar-refractivity contribution in [3.63, 3.8) is 0 Å². The van der Waals surface area contributed by atoms with Crippen LogP contribution in [0.3, 0.4) is 0 Å². The molecule has 0 aromatic heterocycles. The maximum Gasteiger partial charge on any atom is 0.119 e. The third kappa shape index (κ3) is 4.76. The van der Waals surface area contributed by atoms with E-state index in [0.29, 0.717) is 13.2 Å². The molecule has 1 atom stereocenters. The van der Waals surface area contributed by atoms with Gasteiger partial charge in [-0.1, -0.05) is 30.3 Å². The number of aliphatic hydroxyl groups is 1. The van der Waals surface area contributed by atoms with E-state index in [2.05, 4.69) is 5.32 Å². The van der Waals surface area contributed by atoms with Crippen molar-refractivity contribution in [1.82, 2.24) is 0 Å². The number of ether oxygens (including phenoxy) is 1. The highest BCUT2D eigenvalue weighted by Gasteiger charge is 2.01. The molecule has 2 aromatic carbocycles. The minimum absolute atomic E-state index is 0.227. The predicted molar refractivity (Wildman–Crippen MR) is 82.4 cm³/mol. The zero-order valence-electron chi connectivity index (χ0n) is 11.1. The van der Waals surface area contributed by atoms with E-state index in [1.807, 2.05) is 54.6 Å². The molecule has 2 aromatic rings. The van der Waals surface area contributed by atoms with Gasteiger partial charge in [0, 0.05) is 12.2 Å². The second-order valence-corrected chi connectivity index (χ2v) is 4.80. The lowest BCUT2D eigenvalue weighted by Crippen LogP contribution is -2.20. The zero-order chi connectivity index (χ0) is 14.2. The predicted octanol–water partition coefficient (Wildman–Crippen LogP) is 3.28. The van der Waals surface area contributed by atoms with Gasteiger partial charge in [-0.05, 0) is 29.8 Å².